The number of rotatable bonds is 25. The minimum absolute atomic E-state index is 0.0241. The summed E-state index contributed by atoms with van der Waals surface area (Å²) >= 11 is 0. The van der Waals surface area contributed by atoms with E-state index < -0.39 is 67.9 Å². The van der Waals surface area contributed by atoms with Crippen LogP contribution >= 0.6 is 0 Å². The Hall–Kier alpha value is -11.4. The first-order valence-electron chi connectivity index (χ1n) is 27.6. The summed E-state index contributed by atoms with van der Waals surface area (Å²) in [6.45, 7) is 5.34. The lowest BCUT2D eigenvalue weighted by atomic mass is 9.73. The molecule has 0 aliphatic carbocycles. The third-order valence-electron chi connectivity index (χ3n) is 14.1. The second-order valence-electron chi connectivity index (χ2n) is 19.8. The number of alkyl halides is 6. The normalized spacial score (nSPS) is 11.7. The number of amides is 1. The molecule has 0 heterocycles. The van der Waals surface area contributed by atoms with Crippen LogP contribution in [-0.2, 0) is 14.9 Å². The quantitative estimate of drug-likeness (QED) is 0.0103. The highest BCUT2D eigenvalue weighted by atomic mass is 19.4. The number of azo groups is 2. The molecule has 0 fully saturated rings. The van der Waals surface area contributed by atoms with Gasteiger partial charge in [0.05, 0.1) is 55.8 Å². The Morgan fingerprint density at radius 1 is 0.505 bits per heavy atom. The van der Waals surface area contributed by atoms with Crippen LogP contribution in [0.1, 0.15) is 73.3 Å². The Bertz CT molecular complexity index is 3990. The van der Waals surface area contributed by atoms with Crippen molar-refractivity contribution < 1.29 is 69.6 Å². The summed E-state index contributed by atoms with van der Waals surface area (Å²) in [5.41, 5.74) is -5.10. The van der Waals surface area contributed by atoms with Crippen LogP contribution in [0.15, 0.2) is 202 Å². The fourth-order valence-corrected chi connectivity index (χ4v) is 9.35. The Labute approximate surface area is 514 Å². The number of nitrogens with zero attached hydrogens (tertiary/aromatic N) is 8. The van der Waals surface area contributed by atoms with E-state index in [4.69, 9.17) is 14.2 Å². The number of Topliss-reactive ketones (excluding diaryl/α,β-unsaturated/α-hetero) is 1. The third kappa shape index (κ3) is 15.7. The molecule has 0 atom stereocenters. The smallest absolute Gasteiger partial charge is 0.411 e. The standard InChI is InChI=1S/C64H54F6N10O11/c1-5-77(49-23-15-45(16-24-49)73-75-47-19-27-51(28-20-47)79(85)86)35-36-89-61(84)58-38-54(31-33-55(58)40(3)81)91-53-32-34-56(60(83)90-39-78(6-2)50-25-17-46(18-26-50)74-76-48-21-29-52(30-22-48)80(87)88)57(37-53)59(82)72-44-13-9-42(10-14-44)62(63(65,66)67,64(68,69)70)41-7-11-43(71-4)12-8-41/h7-34,37-38,71H,5-6,35-36,39H2,1-4H3,(H,72,82). The summed E-state index contributed by atoms with van der Waals surface area (Å²) in [6, 6.07) is 38.4. The van der Waals surface area contributed by atoms with Crippen molar-refractivity contribution in [1.29, 1.82) is 0 Å². The molecule has 8 aromatic rings. The number of nitro benzene ring substituents is 2. The first-order chi connectivity index (χ1) is 43.4. The van der Waals surface area contributed by atoms with E-state index in [1.807, 2.05) is 11.8 Å². The number of nitrogens with one attached hydrogen (secondary N) is 2. The Balaban J connectivity index is 1.02. The van der Waals surface area contributed by atoms with Crippen LogP contribution in [0.5, 0.6) is 11.5 Å². The SMILES string of the molecule is CCN(CCOC(=O)c1cc(Oc2ccc(C(=O)OCN(CC)c3ccc(N=Nc4ccc([N+](=O)[O-])cc4)cc3)c(C(=O)Nc3ccc(C(c4ccc(NC)cc4)(C(F)(F)F)C(F)(F)F)cc3)c2)ccc1C(C)=O)c1ccc(N=Nc2ccc([N+](=O)[O-])cc2)cc1. The van der Waals surface area contributed by atoms with Crippen LogP contribution in [-0.4, -0.2) is 85.8 Å². The van der Waals surface area contributed by atoms with Gasteiger partial charge in [0.1, 0.15) is 18.1 Å². The topological polar surface area (TPSA) is 262 Å². The second kappa shape index (κ2) is 28.6. The largest absolute Gasteiger partial charge is 0.460 e. The van der Waals surface area contributed by atoms with Crippen molar-refractivity contribution in [2.45, 2.75) is 38.5 Å². The van der Waals surface area contributed by atoms with E-state index in [0.717, 1.165) is 48.2 Å². The van der Waals surface area contributed by atoms with Gasteiger partial charge in [-0.15, -0.1) is 0 Å². The average Bonchev–Trinajstić information content (AvgIpc) is 0.720. The van der Waals surface area contributed by atoms with Gasteiger partial charge in [0.25, 0.3) is 17.3 Å². The zero-order valence-electron chi connectivity index (χ0n) is 48.7. The molecule has 0 spiro atoms. The first-order valence-corrected chi connectivity index (χ1v) is 27.6. The molecule has 1 amide bonds. The minimum Gasteiger partial charge on any atom is -0.460 e. The van der Waals surface area contributed by atoms with Crippen molar-refractivity contribution in [3.63, 3.8) is 0 Å². The molecule has 8 rings (SSSR count). The number of ether oxygens (including phenoxy) is 3. The highest BCUT2D eigenvalue weighted by molar-refractivity contribution is 6.11. The molecule has 0 saturated carbocycles. The van der Waals surface area contributed by atoms with Gasteiger partial charge in [0.2, 0.25) is 5.41 Å². The predicted molar refractivity (Wildman–Crippen MR) is 325 cm³/mol. The summed E-state index contributed by atoms with van der Waals surface area (Å²) < 4.78 is 108. The number of likely N-dealkylation sites (N-methyl/N-ethyl adjacent to an activating group) is 1. The highest BCUT2D eigenvalue weighted by Gasteiger charge is 2.72. The molecule has 91 heavy (non-hydrogen) atoms. The van der Waals surface area contributed by atoms with Crippen LogP contribution in [0.3, 0.4) is 0 Å². The molecular weight excluding hydrogens is 1200 g/mol. The molecule has 0 radical (unpaired) electrons. The second-order valence-corrected chi connectivity index (χ2v) is 19.8. The molecule has 21 nitrogen and oxygen atoms in total. The van der Waals surface area contributed by atoms with E-state index in [2.05, 4.69) is 31.1 Å². The maximum absolute atomic E-state index is 15.0. The van der Waals surface area contributed by atoms with E-state index in [1.165, 1.54) is 92.8 Å². The van der Waals surface area contributed by atoms with Crippen LogP contribution in [0.25, 0.3) is 0 Å². The van der Waals surface area contributed by atoms with Crippen LogP contribution in [0.4, 0.5) is 83.2 Å². The number of nitro groups is 2. The number of halogens is 6. The summed E-state index contributed by atoms with van der Waals surface area (Å²) in [4.78, 5) is 79.6. The number of anilines is 4. The maximum atomic E-state index is 15.0. The number of esters is 2. The molecule has 0 aliphatic rings. The molecular formula is C64H54F6N10O11. The minimum atomic E-state index is -5.91. The van der Waals surface area contributed by atoms with Crippen molar-refractivity contribution in [1.82, 2.24) is 0 Å². The van der Waals surface area contributed by atoms with Crippen molar-refractivity contribution >= 4 is 80.5 Å². The number of hydrogen-bond acceptors (Lipinski definition) is 18. The van der Waals surface area contributed by atoms with E-state index in [0.29, 0.717) is 47.1 Å². The van der Waals surface area contributed by atoms with Gasteiger partial charge in [0, 0.05) is 72.7 Å². The molecule has 0 aromatic heterocycles. The number of hydrogen-bond donors (Lipinski definition) is 2. The lowest BCUT2D eigenvalue weighted by molar-refractivity contribution is -0.385. The Morgan fingerprint density at radius 3 is 1.33 bits per heavy atom. The van der Waals surface area contributed by atoms with Crippen molar-refractivity contribution in [3.8, 4) is 11.5 Å². The fourth-order valence-electron chi connectivity index (χ4n) is 9.35. The number of carbonyl (C=O) groups is 4. The van der Waals surface area contributed by atoms with Gasteiger partial charge < -0.3 is 34.6 Å². The first kappa shape index (κ1) is 65.6. The number of carbonyl (C=O) groups excluding carboxylic acids is 4. The van der Waals surface area contributed by atoms with Gasteiger partial charge in [0.15, 0.2) is 12.5 Å². The van der Waals surface area contributed by atoms with Crippen molar-refractivity contribution in [2.24, 2.45) is 20.5 Å². The summed E-state index contributed by atoms with van der Waals surface area (Å²) in [7, 11) is 1.44. The monoisotopic (exact) mass is 1250 g/mol. The van der Waals surface area contributed by atoms with Crippen molar-refractivity contribution in [3.05, 3.63) is 236 Å². The summed E-state index contributed by atoms with van der Waals surface area (Å²) in [6.07, 6.45) is -11.8. The summed E-state index contributed by atoms with van der Waals surface area (Å²) in [5.74, 6) is -3.71. The number of ketones is 1. The summed E-state index contributed by atoms with van der Waals surface area (Å²) in [5, 5.41) is 43.7. The Morgan fingerprint density at radius 2 is 0.912 bits per heavy atom. The van der Waals surface area contributed by atoms with Gasteiger partial charge in [-0.05, 0) is 165 Å². The lowest BCUT2D eigenvalue weighted by Gasteiger charge is -2.38. The molecule has 2 N–H and O–H groups in total. The van der Waals surface area contributed by atoms with Crippen LogP contribution in [0.2, 0.25) is 0 Å². The van der Waals surface area contributed by atoms with Crippen LogP contribution < -0.4 is 25.2 Å². The fraction of sp³-hybridized carbons (Fsp3) is 0.188. The molecule has 0 aliphatic heterocycles. The zero-order chi connectivity index (χ0) is 65.6. The van der Waals surface area contributed by atoms with Crippen molar-refractivity contribution in [2.75, 3.05) is 60.5 Å². The maximum Gasteiger partial charge on any atom is 0.411 e. The van der Waals surface area contributed by atoms with Gasteiger partial charge in [-0.25, -0.2) is 9.59 Å². The van der Waals surface area contributed by atoms with Gasteiger partial charge in [-0.1, -0.05) is 24.3 Å². The van der Waals surface area contributed by atoms with Gasteiger partial charge in [-0.2, -0.15) is 46.8 Å². The molecule has 0 bridgehead atoms. The van der Waals surface area contributed by atoms with Gasteiger partial charge >= 0.3 is 24.3 Å². The average molecular weight is 1250 g/mol. The molecule has 0 unspecified atom stereocenters. The molecule has 0 saturated heterocycles. The van der Waals surface area contributed by atoms with Crippen LogP contribution in [0, 0.1) is 20.2 Å². The number of benzene rings is 8. The van der Waals surface area contributed by atoms with E-state index in [9.17, 15) is 39.4 Å². The molecule has 27 heteroatoms. The molecule has 8 aromatic carbocycles. The van der Waals surface area contributed by atoms with E-state index in [-0.39, 0.29) is 77.4 Å². The van der Waals surface area contributed by atoms with Gasteiger partial charge in [-0.3, -0.25) is 29.8 Å². The molecule has 468 valence electrons. The van der Waals surface area contributed by atoms with E-state index in [1.54, 1.807) is 60.4 Å². The highest BCUT2D eigenvalue weighted by Crippen LogP contribution is 2.56. The third-order valence-corrected chi connectivity index (χ3v) is 14.1. The zero-order valence-corrected chi connectivity index (χ0v) is 48.7. The van der Waals surface area contributed by atoms with E-state index >= 15 is 26.3 Å². The predicted octanol–water partition coefficient (Wildman–Crippen LogP) is 16.4. The lowest BCUT2D eigenvalue weighted by Crippen LogP contribution is -2.54. The number of non-ortho nitro benzene ring substituents is 2. The Kier molecular flexibility index (Phi) is 20.6.